The van der Waals surface area contributed by atoms with E-state index in [1.165, 1.54) is 11.1 Å². The van der Waals surface area contributed by atoms with E-state index < -0.39 is 23.0 Å². The molecular weight excluding hydrogens is 344 g/mol. The molecular formula is C26H42O2. The van der Waals surface area contributed by atoms with Crippen LogP contribution in [0.5, 0.6) is 0 Å². The Morgan fingerprint density at radius 2 is 1.18 bits per heavy atom. The number of hydrogen-bond acceptors (Lipinski definition) is 2. The standard InChI is InChI=1S/C26H42O2/c1-10-11-20(25(23(4,5)6)16-18(2)12-14-21(25)27)26(24(7,8)9)17-19(3)13-15-22(26)28/h12-17,20-22,27-28H,10-11H2,1-9H3. The second kappa shape index (κ2) is 7.61. The van der Waals surface area contributed by atoms with Crippen molar-refractivity contribution in [2.75, 3.05) is 0 Å². The van der Waals surface area contributed by atoms with Gasteiger partial charge in [-0.1, -0.05) is 102 Å². The first kappa shape index (κ1) is 23.2. The molecule has 0 spiro atoms. The fourth-order valence-electron chi connectivity index (χ4n) is 5.97. The van der Waals surface area contributed by atoms with E-state index in [0.29, 0.717) is 0 Å². The molecule has 0 amide bonds. The van der Waals surface area contributed by atoms with Crippen LogP contribution in [0.15, 0.2) is 47.6 Å². The van der Waals surface area contributed by atoms with Crippen molar-refractivity contribution in [3.05, 3.63) is 47.6 Å². The Balaban J connectivity index is 2.90. The van der Waals surface area contributed by atoms with E-state index in [1.807, 2.05) is 24.3 Å². The van der Waals surface area contributed by atoms with Crippen LogP contribution in [0.4, 0.5) is 0 Å². The summed E-state index contributed by atoms with van der Waals surface area (Å²) in [5.74, 6) is 0.0785. The summed E-state index contributed by atoms with van der Waals surface area (Å²) >= 11 is 0. The minimum atomic E-state index is -0.584. The van der Waals surface area contributed by atoms with E-state index in [2.05, 4.69) is 74.5 Å². The van der Waals surface area contributed by atoms with Crippen molar-refractivity contribution < 1.29 is 10.2 Å². The number of allylic oxidation sites excluding steroid dienone is 4. The molecule has 0 bridgehead atoms. The Morgan fingerprint density at radius 3 is 1.46 bits per heavy atom. The Labute approximate surface area is 173 Å². The Hall–Kier alpha value is -1.12. The molecule has 0 aliphatic heterocycles. The van der Waals surface area contributed by atoms with E-state index in [4.69, 9.17) is 0 Å². The van der Waals surface area contributed by atoms with Crippen molar-refractivity contribution in [1.82, 2.24) is 0 Å². The predicted molar refractivity (Wildman–Crippen MR) is 120 cm³/mol. The van der Waals surface area contributed by atoms with Gasteiger partial charge in [0.25, 0.3) is 0 Å². The molecule has 0 radical (unpaired) electrons. The summed E-state index contributed by atoms with van der Waals surface area (Å²) in [6, 6.07) is 0. The Kier molecular flexibility index (Phi) is 6.30. The summed E-state index contributed by atoms with van der Waals surface area (Å²) in [5, 5.41) is 23.0. The molecule has 0 aromatic carbocycles. The molecule has 2 aliphatic carbocycles. The predicted octanol–water partition coefficient (Wildman–Crippen LogP) is 6.22. The van der Waals surface area contributed by atoms with Gasteiger partial charge in [-0.2, -0.15) is 0 Å². The molecule has 4 atom stereocenters. The number of aliphatic hydroxyl groups excluding tert-OH is 2. The monoisotopic (exact) mass is 386 g/mol. The summed E-state index contributed by atoms with van der Waals surface area (Å²) in [4.78, 5) is 0. The van der Waals surface area contributed by atoms with Gasteiger partial charge in [0.1, 0.15) is 0 Å². The number of hydrogen-bond donors (Lipinski definition) is 2. The van der Waals surface area contributed by atoms with Crippen LogP contribution in [0.3, 0.4) is 0 Å². The van der Waals surface area contributed by atoms with Gasteiger partial charge in [0.05, 0.1) is 12.2 Å². The van der Waals surface area contributed by atoms with Gasteiger partial charge in [0.2, 0.25) is 0 Å². The average Bonchev–Trinajstić information content (AvgIpc) is 2.55. The lowest BCUT2D eigenvalue weighted by atomic mass is 9.42. The van der Waals surface area contributed by atoms with Gasteiger partial charge in [-0.3, -0.25) is 0 Å². The fraction of sp³-hybridized carbons (Fsp3) is 0.692. The number of rotatable bonds is 4. The molecule has 2 rings (SSSR count). The van der Waals surface area contributed by atoms with Crippen molar-refractivity contribution in [3.8, 4) is 0 Å². The lowest BCUT2D eigenvalue weighted by Crippen LogP contribution is -2.61. The van der Waals surface area contributed by atoms with Gasteiger partial charge in [-0.15, -0.1) is 0 Å². The third kappa shape index (κ3) is 3.48. The minimum Gasteiger partial charge on any atom is -0.388 e. The molecule has 0 fully saturated rings. The summed E-state index contributed by atoms with van der Waals surface area (Å²) in [5.41, 5.74) is 1.06. The first-order valence-corrected chi connectivity index (χ1v) is 10.9. The van der Waals surface area contributed by atoms with E-state index in [-0.39, 0.29) is 16.7 Å². The molecule has 158 valence electrons. The van der Waals surface area contributed by atoms with Gasteiger partial charge in [-0.05, 0) is 37.0 Å². The molecule has 2 nitrogen and oxygen atoms in total. The second-order valence-corrected chi connectivity index (χ2v) is 11.1. The molecule has 0 heterocycles. The summed E-state index contributed by atoms with van der Waals surface area (Å²) < 4.78 is 0. The lowest BCUT2D eigenvalue weighted by molar-refractivity contribution is -0.140. The summed E-state index contributed by atoms with van der Waals surface area (Å²) in [6.45, 7) is 19.9. The maximum Gasteiger partial charge on any atom is 0.0822 e. The first-order valence-electron chi connectivity index (χ1n) is 10.9. The lowest BCUT2D eigenvalue weighted by Gasteiger charge is -2.62. The molecule has 28 heavy (non-hydrogen) atoms. The maximum atomic E-state index is 11.5. The van der Waals surface area contributed by atoms with Crippen LogP contribution >= 0.6 is 0 Å². The summed E-state index contributed by atoms with van der Waals surface area (Å²) in [7, 11) is 0. The highest BCUT2D eigenvalue weighted by Crippen LogP contribution is 2.64. The SMILES string of the molecule is CCCC(C1(C(C)(C)C)C=C(C)C=CC1O)C1(C(C)(C)C)C=C(C)C=CC1O. The van der Waals surface area contributed by atoms with Gasteiger partial charge >= 0.3 is 0 Å². The van der Waals surface area contributed by atoms with E-state index >= 15 is 0 Å². The van der Waals surface area contributed by atoms with Crippen molar-refractivity contribution in [1.29, 1.82) is 0 Å². The molecule has 0 aromatic heterocycles. The first-order chi connectivity index (χ1) is 12.7. The highest BCUT2D eigenvalue weighted by atomic mass is 16.3. The molecule has 2 N–H and O–H groups in total. The zero-order valence-electron chi connectivity index (χ0n) is 19.5. The van der Waals surface area contributed by atoms with Crippen LogP contribution in [0.1, 0.15) is 75.2 Å². The van der Waals surface area contributed by atoms with Crippen molar-refractivity contribution in [3.63, 3.8) is 0 Å². The zero-order valence-corrected chi connectivity index (χ0v) is 19.5. The van der Waals surface area contributed by atoms with Gasteiger partial charge in [0.15, 0.2) is 0 Å². The van der Waals surface area contributed by atoms with Gasteiger partial charge < -0.3 is 10.2 Å². The van der Waals surface area contributed by atoms with E-state index in [0.717, 1.165) is 12.8 Å². The number of aliphatic hydroxyl groups is 2. The molecule has 2 aliphatic rings. The highest BCUT2D eigenvalue weighted by molar-refractivity contribution is 5.37. The summed E-state index contributed by atoms with van der Waals surface area (Å²) in [6.07, 6.45) is 13.4. The molecule has 0 saturated heterocycles. The van der Waals surface area contributed by atoms with Crippen molar-refractivity contribution in [2.24, 2.45) is 27.6 Å². The Morgan fingerprint density at radius 1 is 0.821 bits per heavy atom. The van der Waals surface area contributed by atoms with Crippen LogP contribution < -0.4 is 0 Å². The highest BCUT2D eigenvalue weighted by Gasteiger charge is 2.62. The Bertz CT molecular complexity index is 637. The molecule has 0 aromatic rings. The maximum absolute atomic E-state index is 11.5. The van der Waals surface area contributed by atoms with Crippen LogP contribution in [0.2, 0.25) is 0 Å². The quantitative estimate of drug-likeness (QED) is 0.602. The third-order valence-corrected chi connectivity index (χ3v) is 7.32. The topological polar surface area (TPSA) is 40.5 Å². The van der Waals surface area contributed by atoms with Crippen LogP contribution in [-0.4, -0.2) is 22.4 Å². The normalized spacial score (nSPS) is 34.8. The zero-order chi connectivity index (χ0) is 21.5. The van der Waals surface area contributed by atoms with Crippen molar-refractivity contribution >= 4 is 0 Å². The second-order valence-electron chi connectivity index (χ2n) is 11.1. The van der Waals surface area contributed by atoms with Crippen LogP contribution in [0, 0.1) is 27.6 Å². The molecule has 4 unspecified atom stereocenters. The van der Waals surface area contributed by atoms with Crippen LogP contribution in [-0.2, 0) is 0 Å². The van der Waals surface area contributed by atoms with Crippen molar-refractivity contribution in [2.45, 2.75) is 87.4 Å². The molecule has 0 saturated carbocycles. The fourth-order valence-corrected chi connectivity index (χ4v) is 5.97. The smallest absolute Gasteiger partial charge is 0.0822 e. The van der Waals surface area contributed by atoms with E-state index in [1.54, 1.807) is 0 Å². The minimum absolute atomic E-state index is 0.0785. The van der Waals surface area contributed by atoms with Gasteiger partial charge in [0, 0.05) is 10.8 Å². The van der Waals surface area contributed by atoms with E-state index in [9.17, 15) is 10.2 Å². The van der Waals surface area contributed by atoms with Gasteiger partial charge in [-0.25, -0.2) is 0 Å². The molecule has 2 heteroatoms. The average molecular weight is 387 g/mol. The third-order valence-electron chi connectivity index (χ3n) is 7.32. The van der Waals surface area contributed by atoms with Crippen LogP contribution in [0.25, 0.3) is 0 Å². The largest absolute Gasteiger partial charge is 0.388 e.